The molecule has 1 heterocycles. The van der Waals surface area contributed by atoms with Crippen molar-refractivity contribution in [1.82, 2.24) is 9.97 Å². The summed E-state index contributed by atoms with van der Waals surface area (Å²) in [5.74, 6) is 0.247. The molecule has 3 aromatic rings. The molecule has 0 radical (unpaired) electrons. The van der Waals surface area contributed by atoms with Gasteiger partial charge in [0.15, 0.2) is 0 Å². The first-order chi connectivity index (χ1) is 13.0. The first-order valence-corrected chi connectivity index (χ1v) is 8.80. The third-order valence-corrected chi connectivity index (χ3v) is 4.19. The second-order valence-electron chi connectivity index (χ2n) is 5.51. The molecule has 0 saturated heterocycles. The van der Waals surface area contributed by atoms with Crippen LogP contribution < -0.4 is 10.2 Å². The van der Waals surface area contributed by atoms with E-state index in [2.05, 4.69) is 15.3 Å². The molecule has 2 aromatic carbocycles. The minimum atomic E-state index is -0.505. The summed E-state index contributed by atoms with van der Waals surface area (Å²) in [7, 11) is 0. The Balaban J connectivity index is 2.08. The average molecular weight is 404 g/mol. The Morgan fingerprint density at radius 1 is 1.11 bits per heavy atom. The number of hydrogen-bond donors (Lipinski definition) is 1. The van der Waals surface area contributed by atoms with Crippen LogP contribution in [0.2, 0.25) is 10.0 Å². The van der Waals surface area contributed by atoms with Crippen LogP contribution in [0.3, 0.4) is 0 Å². The van der Waals surface area contributed by atoms with Crippen LogP contribution in [0.25, 0.3) is 0 Å². The minimum absolute atomic E-state index is 0.0534. The predicted octanol–water partition coefficient (Wildman–Crippen LogP) is 5.59. The molecule has 27 heavy (non-hydrogen) atoms. The van der Waals surface area contributed by atoms with Gasteiger partial charge in [-0.2, -0.15) is 0 Å². The highest BCUT2D eigenvalue weighted by molar-refractivity contribution is 6.35. The van der Waals surface area contributed by atoms with Gasteiger partial charge in [-0.1, -0.05) is 41.4 Å². The summed E-state index contributed by atoms with van der Waals surface area (Å²) in [5.41, 5.74) is 1.04. The Morgan fingerprint density at radius 3 is 2.37 bits per heavy atom. The Morgan fingerprint density at radius 2 is 1.78 bits per heavy atom. The van der Waals surface area contributed by atoms with Crippen LogP contribution in [-0.4, -0.2) is 21.4 Å². The lowest BCUT2D eigenvalue weighted by atomic mass is 10.2. The van der Waals surface area contributed by atoms with Gasteiger partial charge in [-0.3, -0.25) is 10.1 Å². The lowest BCUT2D eigenvalue weighted by Crippen LogP contribution is -2.19. The first-order valence-electron chi connectivity index (χ1n) is 8.04. The molecule has 1 N–H and O–H groups in total. The van der Waals surface area contributed by atoms with Crippen molar-refractivity contribution in [3.05, 3.63) is 75.0 Å². The van der Waals surface area contributed by atoms with Crippen molar-refractivity contribution in [3.8, 4) is 0 Å². The molecular weight excluding hydrogens is 389 g/mol. The fourth-order valence-electron chi connectivity index (χ4n) is 2.65. The van der Waals surface area contributed by atoms with Crippen molar-refractivity contribution in [2.75, 3.05) is 16.8 Å². The van der Waals surface area contributed by atoms with E-state index in [0.717, 1.165) is 5.69 Å². The molecule has 0 atom stereocenters. The van der Waals surface area contributed by atoms with Gasteiger partial charge in [0.25, 0.3) is 0 Å². The second-order valence-corrected chi connectivity index (χ2v) is 6.39. The smallest absolute Gasteiger partial charge is 0.334 e. The van der Waals surface area contributed by atoms with Gasteiger partial charge in [-0.25, -0.2) is 9.97 Å². The number of halogens is 2. The summed E-state index contributed by atoms with van der Waals surface area (Å²) in [6, 6.07) is 14.1. The van der Waals surface area contributed by atoms with Crippen LogP contribution >= 0.6 is 23.2 Å². The van der Waals surface area contributed by atoms with Crippen molar-refractivity contribution < 1.29 is 4.92 Å². The summed E-state index contributed by atoms with van der Waals surface area (Å²) in [6.07, 6.45) is 1.28. The number of benzene rings is 2. The van der Waals surface area contributed by atoms with E-state index in [0.29, 0.717) is 22.3 Å². The topological polar surface area (TPSA) is 84.2 Å². The molecule has 0 saturated carbocycles. The molecule has 9 heteroatoms. The van der Waals surface area contributed by atoms with E-state index in [-0.39, 0.29) is 17.3 Å². The quantitative estimate of drug-likeness (QED) is 0.426. The molecule has 7 nitrogen and oxygen atoms in total. The van der Waals surface area contributed by atoms with Gasteiger partial charge in [0.05, 0.1) is 4.92 Å². The summed E-state index contributed by atoms with van der Waals surface area (Å²) in [6.45, 7) is 2.38. The highest BCUT2D eigenvalue weighted by atomic mass is 35.5. The Bertz CT molecular complexity index is 949. The van der Waals surface area contributed by atoms with E-state index in [4.69, 9.17) is 23.2 Å². The Hall–Kier alpha value is -2.90. The van der Waals surface area contributed by atoms with Crippen molar-refractivity contribution in [2.45, 2.75) is 6.92 Å². The molecule has 0 aliphatic heterocycles. The Kier molecular flexibility index (Phi) is 5.73. The lowest BCUT2D eigenvalue weighted by molar-refractivity contribution is -0.383. The SMILES string of the molecule is CCN(c1ccccc1)c1ncnc(Nc2cc(Cl)cc(Cl)c2)c1[N+](=O)[O-]. The fourth-order valence-corrected chi connectivity index (χ4v) is 3.18. The van der Waals surface area contributed by atoms with Gasteiger partial charge in [-0.15, -0.1) is 0 Å². The van der Waals surface area contributed by atoms with Gasteiger partial charge < -0.3 is 10.2 Å². The number of nitrogens with one attached hydrogen (secondary N) is 1. The van der Waals surface area contributed by atoms with Crippen LogP contribution in [0.1, 0.15) is 6.92 Å². The molecule has 0 amide bonds. The second kappa shape index (κ2) is 8.20. The monoisotopic (exact) mass is 403 g/mol. The maximum atomic E-state index is 11.8. The molecule has 0 fully saturated rings. The van der Waals surface area contributed by atoms with E-state index in [1.807, 2.05) is 37.3 Å². The van der Waals surface area contributed by atoms with Crippen molar-refractivity contribution in [1.29, 1.82) is 0 Å². The van der Waals surface area contributed by atoms with E-state index >= 15 is 0 Å². The van der Waals surface area contributed by atoms with Crippen LogP contribution in [-0.2, 0) is 0 Å². The van der Waals surface area contributed by atoms with E-state index in [1.165, 1.54) is 6.33 Å². The highest BCUT2D eigenvalue weighted by Crippen LogP contribution is 2.37. The summed E-state index contributed by atoms with van der Waals surface area (Å²) in [5, 5.41) is 15.6. The summed E-state index contributed by atoms with van der Waals surface area (Å²) in [4.78, 5) is 21.3. The Labute approximate surface area is 165 Å². The molecule has 0 unspecified atom stereocenters. The molecule has 0 bridgehead atoms. The largest absolute Gasteiger partial charge is 0.354 e. The third kappa shape index (κ3) is 4.27. The standard InChI is InChI=1S/C18H15Cl2N5O2/c1-2-24(15-6-4-3-5-7-15)18-16(25(26)27)17(21-11-22-18)23-14-9-12(19)8-13(20)10-14/h3-11H,2H2,1H3,(H,21,22,23). The number of hydrogen-bond acceptors (Lipinski definition) is 6. The number of nitrogens with zero attached hydrogens (tertiary/aromatic N) is 4. The maximum Gasteiger partial charge on any atom is 0.354 e. The molecule has 138 valence electrons. The zero-order valence-electron chi connectivity index (χ0n) is 14.3. The van der Waals surface area contributed by atoms with Crippen LogP contribution in [0, 0.1) is 10.1 Å². The van der Waals surface area contributed by atoms with Crippen molar-refractivity contribution >= 4 is 51.9 Å². The molecule has 1 aromatic heterocycles. The van der Waals surface area contributed by atoms with E-state index in [1.54, 1.807) is 23.1 Å². The van der Waals surface area contributed by atoms with Gasteiger partial charge in [0.2, 0.25) is 11.6 Å². The average Bonchev–Trinajstić information content (AvgIpc) is 2.62. The molecular formula is C18H15Cl2N5O2. The first kappa shape index (κ1) is 18.9. The lowest BCUT2D eigenvalue weighted by Gasteiger charge is -2.22. The minimum Gasteiger partial charge on any atom is -0.334 e. The van der Waals surface area contributed by atoms with E-state index in [9.17, 15) is 10.1 Å². The third-order valence-electron chi connectivity index (χ3n) is 3.75. The van der Waals surface area contributed by atoms with Crippen molar-refractivity contribution in [2.24, 2.45) is 0 Å². The summed E-state index contributed by atoms with van der Waals surface area (Å²) < 4.78 is 0. The molecule has 0 aliphatic carbocycles. The van der Waals surface area contributed by atoms with Gasteiger partial charge in [-0.05, 0) is 37.3 Å². The molecule has 0 aliphatic rings. The maximum absolute atomic E-state index is 11.8. The molecule has 0 spiro atoms. The van der Waals surface area contributed by atoms with Crippen molar-refractivity contribution in [3.63, 3.8) is 0 Å². The highest BCUT2D eigenvalue weighted by Gasteiger charge is 2.27. The number of rotatable bonds is 6. The number of nitro groups is 1. The van der Waals surface area contributed by atoms with Gasteiger partial charge in [0.1, 0.15) is 6.33 Å². The summed E-state index contributed by atoms with van der Waals surface area (Å²) >= 11 is 12.0. The predicted molar refractivity (Wildman–Crippen MR) is 108 cm³/mol. The van der Waals surface area contributed by atoms with Crippen LogP contribution in [0.4, 0.5) is 28.7 Å². The zero-order valence-corrected chi connectivity index (χ0v) is 15.8. The van der Waals surface area contributed by atoms with E-state index < -0.39 is 4.92 Å². The number of para-hydroxylation sites is 1. The number of anilines is 4. The fraction of sp³-hybridized carbons (Fsp3) is 0.111. The van der Waals surface area contributed by atoms with Crippen LogP contribution in [0.5, 0.6) is 0 Å². The zero-order chi connectivity index (χ0) is 19.4. The molecule has 3 rings (SSSR count). The van der Waals surface area contributed by atoms with Gasteiger partial charge in [0, 0.05) is 28.0 Å². The van der Waals surface area contributed by atoms with Gasteiger partial charge >= 0.3 is 5.69 Å². The number of aromatic nitrogens is 2. The normalized spacial score (nSPS) is 10.5. The van der Waals surface area contributed by atoms with Crippen LogP contribution in [0.15, 0.2) is 54.9 Å².